The molecule has 1 rings (SSSR count). The van der Waals surface area contributed by atoms with Crippen molar-refractivity contribution >= 4 is 15.9 Å². The lowest BCUT2D eigenvalue weighted by Gasteiger charge is -2.34. The van der Waals surface area contributed by atoms with Crippen LogP contribution in [0.25, 0.3) is 0 Å². The molecule has 19 heavy (non-hydrogen) atoms. The number of furan rings is 1. The number of ether oxygens (including phenoxy) is 2. The minimum Gasteiger partial charge on any atom is -0.453 e. The molecule has 2 atom stereocenters. The number of hydrogen-bond donors (Lipinski definition) is 1. The molecular formula is C13H23BrN2O3. The third-order valence-electron chi connectivity index (χ3n) is 3.07. The van der Waals surface area contributed by atoms with Gasteiger partial charge in [-0.05, 0) is 35.0 Å². The van der Waals surface area contributed by atoms with Gasteiger partial charge in [0.1, 0.15) is 5.76 Å². The van der Waals surface area contributed by atoms with Crippen molar-refractivity contribution < 1.29 is 13.9 Å². The van der Waals surface area contributed by atoms with Crippen molar-refractivity contribution in [2.24, 2.45) is 5.73 Å². The Morgan fingerprint density at radius 2 is 2.11 bits per heavy atom. The summed E-state index contributed by atoms with van der Waals surface area (Å²) in [6.45, 7) is 4.66. The summed E-state index contributed by atoms with van der Waals surface area (Å²) in [6, 6.07) is 4.08. The molecule has 0 bridgehead atoms. The standard InChI is InChI=1S/C13H23BrN2O3/c1-10(9-18-3)16(6-7-17-2)11(8-15)12-4-5-13(14)19-12/h4-5,10-11H,6-9,15H2,1-3H3. The van der Waals surface area contributed by atoms with E-state index in [1.165, 1.54) is 0 Å². The van der Waals surface area contributed by atoms with E-state index in [1.807, 2.05) is 12.1 Å². The molecule has 0 aliphatic carbocycles. The van der Waals surface area contributed by atoms with Gasteiger partial charge < -0.3 is 19.6 Å². The van der Waals surface area contributed by atoms with Crippen molar-refractivity contribution in [3.05, 3.63) is 22.6 Å². The van der Waals surface area contributed by atoms with Gasteiger partial charge in [-0.25, -0.2) is 0 Å². The minimum absolute atomic E-state index is 0.0200. The monoisotopic (exact) mass is 334 g/mol. The summed E-state index contributed by atoms with van der Waals surface area (Å²) in [4.78, 5) is 2.25. The lowest BCUT2D eigenvalue weighted by Crippen LogP contribution is -2.43. The van der Waals surface area contributed by atoms with E-state index in [2.05, 4.69) is 27.8 Å². The Balaban J connectivity index is 2.85. The second kappa shape index (κ2) is 8.71. The van der Waals surface area contributed by atoms with Crippen LogP contribution in [-0.2, 0) is 9.47 Å². The first kappa shape index (κ1) is 16.7. The smallest absolute Gasteiger partial charge is 0.169 e. The van der Waals surface area contributed by atoms with E-state index in [9.17, 15) is 0 Å². The number of halogens is 1. The molecule has 0 aliphatic heterocycles. The van der Waals surface area contributed by atoms with Gasteiger partial charge in [0.05, 0.1) is 19.3 Å². The van der Waals surface area contributed by atoms with Crippen LogP contribution in [0.5, 0.6) is 0 Å². The summed E-state index contributed by atoms with van der Waals surface area (Å²) in [5, 5.41) is 0. The maximum absolute atomic E-state index is 5.92. The maximum atomic E-state index is 5.92. The molecule has 0 radical (unpaired) electrons. The average Bonchev–Trinajstić information content (AvgIpc) is 2.81. The highest BCUT2D eigenvalue weighted by atomic mass is 79.9. The van der Waals surface area contributed by atoms with Crippen LogP contribution in [0, 0.1) is 0 Å². The highest BCUT2D eigenvalue weighted by molar-refractivity contribution is 9.10. The van der Waals surface area contributed by atoms with Gasteiger partial charge >= 0.3 is 0 Å². The maximum Gasteiger partial charge on any atom is 0.169 e. The Hall–Kier alpha value is -0.400. The van der Waals surface area contributed by atoms with Gasteiger partial charge in [-0.3, -0.25) is 4.90 Å². The van der Waals surface area contributed by atoms with Gasteiger partial charge in [-0.15, -0.1) is 0 Å². The van der Waals surface area contributed by atoms with Crippen LogP contribution in [-0.4, -0.2) is 51.5 Å². The summed E-state index contributed by atoms with van der Waals surface area (Å²) in [5.74, 6) is 0.855. The Labute approximate surface area is 123 Å². The number of rotatable bonds is 9. The highest BCUT2D eigenvalue weighted by Gasteiger charge is 2.26. The Morgan fingerprint density at radius 3 is 2.58 bits per heavy atom. The summed E-state index contributed by atoms with van der Waals surface area (Å²) < 4.78 is 16.8. The zero-order valence-electron chi connectivity index (χ0n) is 11.8. The van der Waals surface area contributed by atoms with E-state index in [-0.39, 0.29) is 12.1 Å². The fourth-order valence-electron chi connectivity index (χ4n) is 2.14. The predicted octanol–water partition coefficient (Wildman–Crippen LogP) is 2.03. The van der Waals surface area contributed by atoms with E-state index in [0.717, 1.165) is 12.3 Å². The third kappa shape index (κ3) is 4.89. The first-order valence-corrected chi connectivity index (χ1v) is 7.12. The normalized spacial score (nSPS) is 14.8. The van der Waals surface area contributed by atoms with Crippen molar-refractivity contribution in [2.45, 2.75) is 19.0 Å². The van der Waals surface area contributed by atoms with E-state index in [4.69, 9.17) is 19.6 Å². The Bertz CT molecular complexity index is 359. The number of methoxy groups -OCH3 is 2. The molecule has 2 unspecified atom stereocenters. The van der Waals surface area contributed by atoms with Crippen LogP contribution >= 0.6 is 15.9 Å². The predicted molar refractivity (Wildman–Crippen MR) is 78.1 cm³/mol. The highest BCUT2D eigenvalue weighted by Crippen LogP contribution is 2.26. The number of nitrogens with two attached hydrogens (primary N) is 1. The van der Waals surface area contributed by atoms with Gasteiger partial charge in [-0.2, -0.15) is 0 Å². The van der Waals surface area contributed by atoms with E-state index in [0.29, 0.717) is 24.4 Å². The van der Waals surface area contributed by atoms with Gasteiger partial charge in [0.15, 0.2) is 4.67 Å². The van der Waals surface area contributed by atoms with Crippen LogP contribution < -0.4 is 5.73 Å². The molecule has 5 nitrogen and oxygen atoms in total. The first-order valence-electron chi connectivity index (χ1n) is 6.33. The molecular weight excluding hydrogens is 312 g/mol. The first-order chi connectivity index (χ1) is 9.13. The Morgan fingerprint density at radius 1 is 1.37 bits per heavy atom. The molecule has 1 aromatic heterocycles. The van der Waals surface area contributed by atoms with Crippen molar-refractivity contribution in [2.75, 3.05) is 40.5 Å². The molecule has 1 aromatic rings. The van der Waals surface area contributed by atoms with Crippen molar-refractivity contribution in [1.82, 2.24) is 4.90 Å². The minimum atomic E-state index is 0.0200. The zero-order chi connectivity index (χ0) is 14.3. The lowest BCUT2D eigenvalue weighted by atomic mass is 10.1. The lowest BCUT2D eigenvalue weighted by molar-refractivity contribution is 0.0422. The number of nitrogens with zero attached hydrogens (tertiary/aromatic N) is 1. The third-order valence-corrected chi connectivity index (χ3v) is 3.50. The molecule has 0 aliphatic rings. The topological polar surface area (TPSA) is 60.9 Å². The van der Waals surface area contributed by atoms with Crippen LogP contribution in [0.15, 0.2) is 21.2 Å². The van der Waals surface area contributed by atoms with Crippen molar-refractivity contribution in [3.8, 4) is 0 Å². The summed E-state index contributed by atoms with van der Waals surface area (Å²) in [6.07, 6.45) is 0. The second-order valence-corrected chi connectivity index (χ2v) is 5.21. The van der Waals surface area contributed by atoms with E-state index in [1.54, 1.807) is 14.2 Å². The summed E-state index contributed by atoms with van der Waals surface area (Å²) >= 11 is 3.32. The Kier molecular flexibility index (Phi) is 7.63. The van der Waals surface area contributed by atoms with Gasteiger partial charge in [0.2, 0.25) is 0 Å². The van der Waals surface area contributed by atoms with Gasteiger partial charge in [-0.1, -0.05) is 0 Å². The molecule has 0 aromatic carbocycles. The van der Waals surface area contributed by atoms with E-state index >= 15 is 0 Å². The van der Waals surface area contributed by atoms with Crippen LogP contribution in [0.2, 0.25) is 0 Å². The van der Waals surface area contributed by atoms with Gasteiger partial charge in [0.25, 0.3) is 0 Å². The molecule has 0 saturated heterocycles. The molecule has 0 amide bonds. The summed E-state index contributed by atoms with van der Waals surface area (Å²) in [7, 11) is 3.39. The fraction of sp³-hybridized carbons (Fsp3) is 0.692. The average molecular weight is 335 g/mol. The molecule has 6 heteroatoms. The van der Waals surface area contributed by atoms with Crippen molar-refractivity contribution in [3.63, 3.8) is 0 Å². The zero-order valence-corrected chi connectivity index (χ0v) is 13.4. The molecule has 1 heterocycles. The summed E-state index contributed by atoms with van der Waals surface area (Å²) in [5.41, 5.74) is 5.92. The van der Waals surface area contributed by atoms with Crippen LogP contribution in [0.1, 0.15) is 18.7 Å². The van der Waals surface area contributed by atoms with Crippen LogP contribution in [0.3, 0.4) is 0 Å². The molecule has 2 N–H and O–H groups in total. The van der Waals surface area contributed by atoms with E-state index < -0.39 is 0 Å². The van der Waals surface area contributed by atoms with Crippen LogP contribution in [0.4, 0.5) is 0 Å². The largest absolute Gasteiger partial charge is 0.453 e. The number of hydrogen-bond acceptors (Lipinski definition) is 5. The SMILES string of the molecule is COCCN(C(C)COC)C(CN)c1ccc(Br)o1. The fourth-order valence-corrected chi connectivity index (χ4v) is 2.46. The molecule has 0 saturated carbocycles. The van der Waals surface area contributed by atoms with Gasteiger partial charge in [0, 0.05) is 33.4 Å². The molecule has 110 valence electrons. The van der Waals surface area contributed by atoms with Crippen molar-refractivity contribution in [1.29, 1.82) is 0 Å². The second-order valence-electron chi connectivity index (χ2n) is 4.43. The molecule has 0 spiro atoms. The quantitative estimate of drug-likeness (QED) is 0.748. The molecule has 0 fully saturated rings.